The normalized spacial score (nSPS) is 8.18. The predicted octanol–water partition coefficient (Wildman–Crippen LogP) is 0.292. The maximum Gasteiger partial charge on any atom is 0.384 e. The van der Waals surface area contributed by atoms with Crippen molar-refractivity contribution in [2.24, 2.45) is 5.73 Å². The standard InChI is InChI=1S/C8H13NO2/c1-2-3-7-11-8(10)5-4-6-9/h2-3,6-7,9H2,1H3. The Balaban J connectivity index is 3.37. The van der Waals surface area contributed by atoms with Crippen LogP contribution in [0.3, 0.4) is 0 Å². The Kier molecular flexibility index (Phi) is 6.45. The van der Waals surface area contributed by atoms with Crippen molar-refractivity contribution in [2.45, 2.75) is 19.8 Å². The van der Waals surface area contributed by atoms with Gasteiger partial charge in [-0.1, -0.05) is 19.3 Å². The topological polar surface area (TPSA) is 52.3 Å². The van der Waals surface area contributed by atoms with Gasteiger partial charge >= 0.3 is 5.97 Å². The minimum absolute atomic E-state index is 0.197. The summed E-state index contributed by atoms with van der Waals surface area (Å²) >= 11 is 0. The first-order chi connectivity index (χ1) is 5.31. The summed E-state index contributed by atoms with van der Waals surface area (Å²) in [6.07, 6.45) is 1.90. The molecule has 0 bridgehead atoms. The Hall–Kier alpha value is -1.01. The van der Waals surface area contributed by atoms with E-state index in [2.05, 4.69) is 11.8 Å². The average molecular weight is 155 g/mol. The molecule has 0 aliphatic rings. The molecule has 11 heavy (non-hydrogen) atoms. The molecule has 0 aliphatic carbocycles. The van der Waals surface area contributed by atoms with E-state index in [1.165, 1.54) is 0 Å². The summed E-state index contributed by atoms with van der Waals surface area (Å²) < 4.78 is 4.72. The largest absolute Gasteiger partial charge is 0.456 e. The molecule has 2 N–H and O–H groups in total. The van der Waals surface area contributed by atoms with E-state index in [9.17, 15) is 4.79 Å². The zero-order valence-corrected chi connectivity index (χ0v) is 6.72. The van der Waals surface area contributed by atoms with Crippen molar-refractivity contribution in [2.75, 3.05) is 13.2 Å². The molecule has 0 amide bonds. The fourth-order valence-corrected chi connectivity index (χ4v) is 0.468. The lowest BCUT2D eigenvalue weighted by Crippen LogP contribution is -2.03. The Morgan fingerprint density at radius 1 is 1.64 bits per heavy atom. The molecule has 62 valence electrons. The molecule has 0 fully saturated rings. The van der Waals surface area contributed by atoms with Crippen molar-refractivity contribution in [1.82, 2.24) is 0 Å². The van der Waals surface area contributed by atoms with E-state index >= 15 is 0 Å². The van der Waals surface area contributed by atoms with Crippen molar-refractivity contribution in [3.63, 3.8) is 0 Å². The third-order valence-electron chi connectivity index (χ3n) is 1.02. The van der Waals surface area contributed by atoms with E-state index in [-0.39, 0.29) is 6.54 Å². The van der Waals surface area contributed by atoms with Gasteiger partial charge in [-0.2, -0.15) is 0 Å². The highest BCUT2D eigenvalue weighted by molar-refractivity contribution is 5.88. The quantitative estimate of drug-likeness (QED) is 0.276. The second-order valence-corrected chi connectivity index (χ2v) is 2.00. The number of hydrogen-bond acceptors (Lipinski definition) is 3. The van der Waals surface area contributed by atoms with Crippen LogP contribution in [0.15, 0.2) is 0 Å². The Morgan fingerprint density at radius 3 is 2.91 bits per heavy atom. The van der Waals surface area contributed by atoms with E-state index in [0.717, 1.165) is 12.8 Å². The molecule has 0 heterocycles. The van der Waals surface area contributed by atoms with Gasteiger partial charge in [0.05, 0.1) is 13.2 Å². The number of carbonyl (C=O) groups is 1. The molecule has 0 rings (SSSR count). The first kappa shape index (κ1) is 9.99. The Bertz CT molecular complexity index is 167. The highest BCUT2D eigenvalue weighted by Gasteiger charge is 1.93. The molecule has 3 nitrogen and oxygen atoms in total. The molecule has 0 aromatic heterocycles. The van der Waals surface area contributed by atoms with Crippen LogP contribution in [-0.2, 0) is 9.53 Å². The number of nitrogens with two attached hydrogens (primary N) is 1. The van der Waals surface area contributed by atoms with Crippen LogP contribution in [0, 0.1) is 11.8 Å². The van der Waals surface area contributed by atoms with Crippen LogP contribution < -0.4 is 5.73 Å². The molecule has 0 aromatic rings. The molecule has 0 saturated heterocycles. The van der Waals surface area contributed by atoms with Crippen molar-refractivity contribution in [3.8, 4) is 11.8 Å². The number of unbranched alkanes of at least 4 members (excludes halogenated alkanes) is 1. The third kappa shape index (κ3) is 6.88. The van der Waals surface area contributed by atoms with E-state index in [4.69, 9.17) is 10.5 Å². The van der Waals surface area contributed by atoms with Gasteiger partial charge in [0, 0.05) is 5.92 Å². The minimum atomic E-state index is -0.483. The second kappa shape index (κ2) is 7.10. The van der Waals surface area contributed by atoms with E-state index < -0.39 is 5.97 Å². The van der Waals surface area contributed by atoms with Gasteiger partial charge in [0.1, 0.15) is 0 Å². The van der Waals surface area contributed by atoms with Gasteiger partial charge in [-0.15, -0.1) is 0 Å². The number of carbonyl (C=O) groups excluding carboxylic acids is 1. The van der Waals surface area contributed by atoms with Gasteiger partial charge in [-0.3, -0.25) is 0 Å². The van der Waals surface area contributed by atoms with Crippen molar-refractivity contribution in [1.29, 1.82) is 0 Å². The van der Waals surface area contributed by atoms with Gasteiger partial charge in [0.25, 0.3) is 0 Å². The molecule has 0 unspecified atom stereocenters. The van der Waals surface area contributed by atoms with Gasteiger partial charge in [-0.05, 0) is 6.42 Å². The fourth-order valence-electron chi connectivity index (χ4n) is 0.468. The molecule has 0 aliphatic heterocycles. The van der Waals surface area contributed by atoms with Crippen LogP contribution in [-0.4, -0.2) is 19.1 Å². The van der Waals surface area contributed by atoms with Crippen LogP contribution in [0.5, 0.6) is 0 Å². The predicted molar refractivity (Wildman–Crippen MR) is 42.7 cm³/mol. The summed E-state index contributed by atoms with van der Waals surface area (Å²) in [5.41, 5.74) is 5.05. The second-order valence-electron chi connectivity index (χ2n) is 2.00. The maximum absolute atomic E-state index is 10.6. The van der Waals surface area contributed by atoms with Crippen LogP contribution in [0.1, 0.15) is 19.8 Å². The van der Waals surface area contributed by atoms with Gasteiger partial charge in [0.15, 0.2) is 0 Å². The van der Waals surface area contributed by atoms with Crippen molar-refractivity contribution < 1.29 is 9.53 Å². The number of esters is 1. The van der Waals surface area contributed by atoms with Gasteiger partial charge in [-0.25, -0.2) is 4.79 Å². The summed E-state index contributed by atoms with van der Waals surface area (Å²) in [5, 5.41) is 0. The van der Waals surface area contributed by atoms with E-state index in [1.54, 1.807) is 0 Å². The highest BCUT2D eigenvalue weighted by Crippen LogP contribution is 1.87. The maximum atomic E-state index is 10.6. The lowest BCUT2D eigenvalue weighted by molar-refractivity contribution is -0.136. The molecule has 0 aromatic carbocycles. The van der Waals surface area contributed by atoms with E-state index in [1.807, 2.05) is 6.92 Å². The summed E-state index contributed by atoms with van der Waals surface area (Å²) in [6.45, 7) is 2.68. The summed E-state index contributed by atoms with van der Waals surface area (Å²) in [5.74, 6) is 4.20. The summed E-state index contributed by atoms with van der Waals surface area (Å²) in [4.78, 5) is 10.6. The van der Waals surface area contributed by atoms with Gasteiger partial charge < -0.3 is 10.5 Å². The lowest BCUT2D eigenvalue weighted by Gasteiger charge is -1.96. The van der Waals surface area contributed by atoms with E-state index in [0.29, 0.717) is 6.61 Å². The van der Waals surface area contributed by atoms with Crippen molar-refractivity contribution >= 4 is 5.97 Å². The third-order valence-corrected chi connectivity index (χ3v) is 1.02. The lowest BCUT2D eigenvalue weighted by atomic mass is 10.4. The first-order valence-electron chi connectivity index (χ1n) is 3.67. The zero-order chi connectivity index (χ0) is 8.53. The first-order valence-corrected chi connectivity index (χ1v) is 3.67. The molecule has 0 saturated carbocycles. The van der Waals surface area contributed by atoms with Crippen LogP contribution in [0.2, 0.25) is 0 Å². The summed E-state index contributed by atoms with van der Waals surface area (Å²) in [6, 6.07) is 0. The molecule has 3 heteroatoms. The molecule has 0 atom stereocenters. The molecule has 0 spiro atoms. The average Bonchev–Trinajstić information content (AvgIpc) is 2.01. The Labute approximate surface area is 66.9 Å². The molecule has 0 radical (unpaired) electrons. The monoisotopic (exact) mass is 155 g/mol. The number of rotatable bonds is 3. The van der Waals surface area contributed by atoms with Crippen LogP contribution in [0.25, 0.3) is 0 Å². The zero-order valence-electron chi connectivity index (χ0n) is 6.72. The molecular formula is C8H13NO2. The van der Waals surface area contributed by atoms with Crippen LogP contribution >= 0.6 is 0 Å². The smallest absolute Gasteiger partial charge is 0.384 e. The Morgan fingerprint density at radius 2 is 2.36 bits per heavy atom. The summed E-state index contributed by atoms with van der Waals surface area (Å²) in [7, 11) is 0. The minimum Gasteiger partial charge on any atom is -0.456 e. The molecular weight excluding hydrogens is 142 g/mol. The SMILES string of the molecule is CCCCOC(=O)C#CCN. The van der Waals surface area contributed by atoms with Crippen molar-refractivity contribution in [3.05, 3.63) is 0 Å². The highest BCUT2D eigenvalue weighted by atomic mass is 16.5. The number of hydrogen-bond donors (Lipinski definition) is 1. The fraction of sp³-hybridized carbons (Fsp3) is 0.625. The van der Waals surface area contributed by atoms with Crippen LogP contribution in [0.4, 0.5) is 0 Å². The number of ether oxygens (including phenoxy) is 1. The van der Waals surface area contributed by atoms with Gasteiger partial charge in [0.2, 0.25) is 0 Å².